The Morgan fingerprint density at radius 3 is 2.33 bits per heavy atom. The van der Waals surface area contributed by atoms with Crippen LogP contribution in [0.3, 0.4) is 0 Å². The highest BCUT2D eigenvalue weighted by atomic mass is 15.2. The number of benzene rings is 5. The molecule has 0 bridgehead atoms. The molecule has 0 N–H and O–H groups in total. The minimum Gasteiger partial charge on any atom is -0.277 e. The van der Waals surface area contributed by atoms with Gasteiger partial charge in [-0.3, -0.25) is 9.55 Å². The van der Waals surface area contributed by atoms with Gasteiger partial charge >= 0.3 is 0 Å². The topological polar surface area (TPSA) is 43.6 Å². The highest BCUT2D eigenvalue weighted by Gasteiger charge is 2.40. The van der Waals surface area contributed by atoms with Crippen LogP contribution in [0.5, 0.6) is 0 Å². The Morgan fingerprint density at radius 1 is 0.650 bits per heavy atom. The van der Waals surface area contributed by atoms with Crippen molar-refractivity contribution in [1.82, 2.24) is 19.5 Å². The summed E-state index contributed by atoms with van der Waals surface area (Å²) < 4.78 is 2.29. The predicted octanol–water partition coefficient (Wildman–Crippen LogP) is 8.73. The SMILES string of the molecule is CC1(C)c2ccccc2-c2c1c1ncccc1c1c3ccccc3n(-c3ncc4ccc5ccccc5c4n3)c21. The molecule has 1 aliphatic carbocycles. The van der Waals surface area contributed by atoms with Gasteiger partial charge in [-0.05, 0) is 34.2 Å². The first-order chi connectivity index (χ1) is 19.6. The van der Waals surface area contributed by atoms with E-state index >= 15 is 0 Å². The second-order valence-corrected chi connectivity index (χ2v) is 11.3. The molecule has 5 aromatic carbocycles. The van der Waals surface area contributed by atoms with E-state index in [1.807, 2.05) is 18.5 Å². The Kier molecular flexibility index (Phi) is 4.10. The molecule has 0 unspecified atom stereocenters. The van der Waals surface area contributed by atoms with Crippen LogP contribution in [0.1, 0.15) is 25.0 Å². The van der Waals surface area contributed by atoms with Gasteiger partial charge in [0, 0.05) is 50.3 Å². The maximum absolute atomic E-state index is 5.28. The molecule has 0 radical (unpaired) electrons. The molecule has 4 heteroatoms. The highest BCUT2D eigenvalue weighted by molar-refractivity contribution is 6.26. The standard InChI is InChI=1S/C36H24N4/c1-36(2)27-15-7-5-12-24(27)30-31(36)33-26(14-9-19-37-33)29-25-13-6-8-16-28(25)40(34(29)30)35-38-20-22-18-17-21-10-3-4-11-23(21)32(22)39-35/h3-20H,1-2H3. The first-order valence-electron chi connectivity index (χ1n) is 13.7. The first-order valence-corrected chi connectivity index (χ1v) is 13.7. The maximum atomic E-state index is 5.28. The fourth-order valence-electron chi connectivity index (χ4n) is 7.12. The summed E-state index contributed by atoms with van der Waals surface area (Å²) in [6.07, 6.45) is 3.88. The molecule has 0 saturated carbocycles. The van der Waals surface area contributed by atoms with E-state index in [0.29, 0.717) is 5.95 Å². The van der Waals surface area contributed by atoms with Crippen molar-refractivity contribution in [3.8, 4) is 17.1 Å². The molecule has 0 atom stereocenters. The molecule has 9 rings (SSSR count). The van der Waals surface area contributed by atoms with E-state index in [0.717, 1.165) is 32.8 Å². The highest BCUT2D eigenvalue weighted by Crippen LogP contribution is 2.55. The van der Waals surface area contributed by atoms with Crippen LogP contribution < -0.4 is 0 Å². The molecule has 0 amide bonds. The van der Waals surface area contributed by atoms with Crippen LogP contribution in [0, 0.1) is 0 Å². The van der Waals surface area contributed by atoms with Crippen molar-refractivity contribution in [3.63, 3.8) is 0 Å². The number of aromatic nitrogens is 4. The van der Waals surface area contributed by atoms with Crippen LogP contribution in [0.25, 0.3) is 71.5 Å². The number of hydrogen-bond donors (Lipinski definition) is 0. The van der Waals surface area contributed by atoms with Crippen molar-refractivity contribution in [2.75, 3.05) is 0 Å². The minimum absolute atomic E-state index is 0.200. The molecule has 1 aliphatic rings. The molecule has 40 heavy (non-hydrogen) atoms. The molecule has 8 aromatic rings. The van der Waals surface area contributed by atoms with Crippen molar-refractivity contribution >= 4 is 54.4 Å². The van der Waals surface area contributed by atoms with Gasteiger partial charge in [-0.2, -0.15) is 0 Å². The number of hydrogen-bond acceptors (Lipinski definition) is 3. The maximum Gasteiger partial charge on any atom is 0.235 e. The molecule has 0 fully saturated rings. The van der Waals surface area contributed by atoms with Gasteiger partial charge in [0.2, 0.25) is 5.95 Å². The monoisotopic (exact) mass is 512 g/mol. The van der Waals surface area contributed by atoms with Crippen molar-refractivity contribution in [3.05, 3.63) is 121 Å². The van der Waals surface area contributed by atoms with Gasteiger partial charge in [0.15, 0.2) is 0 Å². The fourth-order valence-corrected chi connectivity index (χ4v) is 7.12. The third-order valence-electron chi connectivity index (χ3n) is 8.83. The molecule has 0 saturated heterocycles. The van der Waals surface area contributed by atoms with Crippen LogP contribution in [0.4, 0.5) is 0 Å². The van der Waals surface area contributed by atoms with Crippen LogP contribution >= 0.6 is 0 Å². The lowest BCUT2D eigenvalue weighted by atomic mass is 9.81. The summed E-state index contributed by atoms with van der Waals surface area (Å²) in [6.45, 7) is 4.65. The second-order valence-electron chi connectivity index (χ2n) is 11.3. The summed E-state index contributed by atoms with van der Waals surface area (Å²) in [5.74, 6) is 0.683. The van der Waals surface area contributed by atoms with Crippen LogP contribution in [-0.2, 0) is 5.41 Å². The summed E-state index contributed by atoms with van der Waals surface area (Å²) in [5, 5.41) is 6.90. The quantitative estimate of drug-likeness (QED) is 0.207. The molecule has 4 nitrogen and oxygen atoms in total. The molecular formula is C36H24N4. The summed E-state index contributed by atoms with van der Waals surface area (Å²) in [6, 6.07) is 34.4. The Bertz CT molecular complexity index is 2360. The summed E-state index contributed by atoms with van der Waals surface area (Å²) >= 11 is 0. The van der Waals surface area contributed by atoms with Crippen molar-refractivity contribution in [2.24, 2.45) is 0 Å². The van der Waals surface area contributed by atoms with E-state index in [2.05, 4.69) is 109 Å². The lowest BCUT2D eigenvalue weighted by molar-refractivity contribution is 0.665. The zero-order valence-corrected chi connectivity index (χ0v) is 22.2. The predicted molar refractivity (Wildman–Crippen MR) is 164 cm³/mol. The van der Waals surface area contributed by atoms with Gasteiger partial charge in [0.25, 0.3) is 0 Å². The van der Waals surface area contributed by atoms with E-state index in [-0.39, 0.29) is 5.41 Å². The Labute approximate surface area is 230 Å². The Morgan fingerprint density at radius 2 is 1.40 bits per heavy atom. The zero-order chi connectivity index (χ0) is 26.6. The summed E-state index contributed by atoms with van der Waals surface area (Å²) in [4.78, 5) is 15.3. The smallest absolute Gasteiger partial charge is 0.235 e. The number of para-hydroxylation sites is 1. The van der Waals surface area contributed by atoms with Crippen molar-refractivity contribution in [2.45, 2.75) is 19.3 Å². The van der Waals surface area contributed by atoms with E-state index < -0.39 is 0 Å². The normalized spacial score (nSPS) is 13.9. The van der Waals surface area contributed by atoms with Gasteiger partial charge in [-0.25, -0.2) is 9.97 Å². The summed E-state index contributed by atoms with van der Waals surface area (Å²) in [7, 11) is 0. The molecule has 3 aromatic heterocycles. The van der Waals surface area contributed by atoms with E-state index in [1.165, 1.54) is 43.8 Å². The largest absolute Gasteiger partial charge is 0.277 e. The zero-order valence-electron chi connectivity index (χ0n) is 22.2. The lowest BCUT2D eigenvalue weighted by Crippen LogP contribution is -2.16. The van der Waals surface area contributed by atoms with Crippen LogP contribution in [-0.4, -0.2) is 19.5 Å². The van der Waals surface area contributed by atoms with Gasteiger partial charge in [-0.15, -0.1) is 0 Å². The Balaban J connectivity index is 1.54. The average molecular weight is 513 g/mol. The third kappa shape index (κ3) is 2.63. The molecule has 188 valence electrons. The first kappa shape index (κ1) is 21.8. The van der Waals surface area contributed by atoms with E-state index in [1.54, 1.807) is 0 Å². The van der Waals surface area contributed by atoms with Crippen LogP contribution in [0.15, 0.2) is 109 Å². The fraction of sp³-hybridized carbons (Fsp3) is 0.0833. The van der Waals surface area contributed by atoms with E-state index in [9.17, 15) is 0 Å². The second kappa shape index (κ2) is 7.51. The van der Waals surface area contributed by atoms with Crippen molar-refractivity contribution in [1.29, 1.82) is 0 Å². The minimum atomic E-state index is -0.200. The molecular weight excluding hydrogens is 488 g/mol. The molecule has 0 aliphatic heterocycles. The van der Waals surface area contributed by atoms with Gasteiger partial charge < -0.3 is 0 Å². The van der Waals surface area contributed by atoms with Crippen molar-refractivity contribution < 1.29 is 0 Å². The van der Waals surface area contributed by atoms with Gasteiger partial charge in [0.1, 0.15) is 0 Å². The number of rotatable bonds is 1. The Hall–Kier alpha value is -5.09. The number of fused-ring (bicyclic) bond motifs is 13. The molecule has 3 heterocycles. The van der Waals surface area contributed by atoms with Crippen LogP contribution in [0.2, 0.25) is 0 Å². The van der Waals surface area contributed by atoms with E-state index in [4.69, 9.17) is 15.0 Å². The molecule has 0 spiro atoms. The number of pyridine rings is 1. The van der Waals surface area contributed by atoms with Gasteiger partial charge in [-0.1, -0.05) is 98.8 Å². The lowest BCUT2D eigenvalue weighted by Gasteiger charge is -2.23. The average Bonchev–Trinajstić information content (AvgIpc) is 3.47. The van der Waals surface area contributed by atoms with Gasteiger partial charge in [0.05, 0.1) is 22.1 Å². The summed E-state index contributed by atoms with van der Waals surface area (Å²) in [5.41, 5.74) is 9.17. The third-order valence-corrected chi connectivity index (χ3v) is 8.83. The number of nitrogens with zero attached hydrogens (tertiary/aromatic N) is 4.